The zero-order valence-electron chi connectivity index (χ0n) is 41.8. The van der Waals surface area contributed by atoms with Crippen molar-refractivity contribution >= 4 is 71.0 Å². The zero-order valence-corrected chi connectivity index (χ0v) is 43.5. The molecule has 4 atom stereocenters. The standard InChI is InChI=1S/C16H27NO6S.C16H15NO2.C15H27NO5S.C2H7N/c1-5-14(19)17-13(11(4)18)10-24-9-12(23-16(21)7-3)8-22-15(20)6-2;1-17-16(18)19-10-15-13-8-4-2-6-11(13)12-7-3-5-9-14(12)15;1-5-14(18)20-8-12(21-15(19)6-2)10-22-9-11(3)13(17)7-16-4;1-3-2/h12-13H,5-10H2,1-4H3,(H,17,19);2-9,15H,10H2,1H3,(H,17,18);11-12,16H,5-10H2,1-4H3;3H,1-2H3/t12-,13-;;11-,12-;/m0.0./s1. The number of alkyl carbamates (subject to hydrolysis) is 1. The first kappa shape index (κ1) is 63.0. The van der Waals surface area contributed by atoms with E-state index in [0.29, 0.717) is 42.6 Å². The minimum absolute atomic E-state index is 0.0164. The van der Waals surface area contributed by atoms with Crippen LogP contribution in [0.5, 0.6) is 0 Å². The summed E-state index contributed by atoms with van der Waals surface area (Å²) in [6.45, 7) is 12.5. The van der Waals surface area contributed by atoms with Crippen molar-refractivity contribution in [1.82, 2.24) is 21.3 Å². The molecule has 382 valence electrons. The first-order chi connectivity index (χ1) is 32.5. The molecule has 0 aromatic heterocycles. The molecule has 0 bridgehead atoms. The van der Waals surface area contributed by atoms with Gasteiger partial charge in [0.2, 0.25) is 5.91 Å². The smallest absolute Gasteiger partial charge is 0.406 e. The number of carbonyl (C=O) groups is 8. The molecule has 0 heterocycles. The highest BCUT2D eigenvalue weighted by atomic mass is 32.2. The van der Waals surface area contributed by atoms with E-state index in [1.54, 1.807) is 48.7 Å². The summed E-state index contributed by atoms with van der Waals surface area (Å²) >= 11 is 2.88. The first-order valence-corrected chi connectivity index (χ1v) is 25.2. The number of ketones is 2. The lowest BCUT2D eigenvalue weighted by Crippen LogP contribution is -2.41. The average Bonchev–Trinajstić information content (AvgIpc) is 3.66. The Balaban J connectivity index is 0.000000964. The van der Waals surface area contributed by atoms with Gasteiger partial charge in [0.15, 0.2) is 5.78 Å². The van der Waals surface area contributed by atoms with Crippen molar-refractivity contribution in [2.45, 2.75) is 105 Å². The number of Topliss-reactive ketones (excluding diaryl/α,β-unsaturated/α-hetero) is 2. The Morgan fingerprint density at radius 1 is 0.603 bits per heavy atom. The SMILES string of the molecule is CCC(=O)N[C@@H](CSC[C@H](COC(=O)CC)OC(=O)CC)C(C)=O.CCC(=O)OC[C@@H](CSC[C@H](C)C(=O)CNC)OC(=O)CC.CNC.CNC(=O)OCC1c2ccccc2-c2ccccc21. The van der Waals surface area contributed by atoms with Gasteiger partial charge < -0.3 is 45.0 Å². The summed E-state index contributed by atoms with van der Waals surface area (Å²) in [6, 6.07) is 16.0. The largest absolute Gasteiger partial charge is 0.462 e. The van der Waals surface area contributed by atoms with Crippen molar-refractivity contribution < 1.29 is 62.0 Å². The van der Waals surface area contributed by atoms with Crippen LogP contribution in [0.25, 0.3) is 11.1 Å². The summed E-state index contributed by atoms with van der Waals surface area (Å²) in [5, 5.41) is 10.7. The molecule has 0 aliphatic heterocycles. The molecular weight excluding hydrogens is 917 g/mol. The molecule has 0 unspecified atom stereocenters. The van der Waals surface area contributed by atoms with Gasteiger partial charge in [-0.25, -0.2) is 4.79 Å². The van der Waals surface area contributed by atoms with Crippen molar-refractivity contribution in [1.29, 1.82) is 0 Å². The topological polar surface area (TPSA) is 231 Å². The first-order valence-electron chi connectivity index (χ1n) is 22.9. The Bertz CT molecular complexity index is 1810. The quantitative estimate of drug-likeness (QED) is 0.0636. The van der Waals surface area contributed by atoms with E-state index in [1.807, 2.05) is 45.3 Å². The summed E-state index contributed by atoms with van der Waals surface area (Å²) in [5.41, 5.74) is 4.94. The van der Waals surface area contributed by atoms with Crippen LogP contribution in [0.15, 0.2) is 48.5 Å². The summed E-state index contributed by atoms with van der Waals surface area (Å²) in [4.78, 5) is 91.2. The number of amides is 2. The highest BCUT2D eigenvalue weighted by Crippen LogP contribution is 2.44. The number of hydrogen-bond acceptors (Lipinski definition) is 17. The van der Waals surface area contributed by atoms with Crippen LogP contribution in [0.1, 0.15) is 97.6 Å². The maximum absolute atomic E-state index is 11.7. The van der Waals surface area contributed by atoms with E-state index in [1.165, 1.54) is 52.7 Å². The fraction of sp³-hybridized carbons (Fsp3) is 0.592. The van der Waals surface area contributed by atoms with Crippen LogP contribution < -0.4 is 21.3 Å². The highest BCUT2D eigenvalue weighted by Gasteiger charge is 2.29. The number of benzene rings is 2. The Kier molecular flexibility index (Phi) is 35.2. The van der Waals surface area contributed by atoms with Crippen molar-refractivity contribution in [2.75, 3.05) is 77.6 Å². The number of nitrogens with one attached hydrogen (secondary N) is 4. The molecule has 17 nitrogen and oxygen atoms in total. The second-order valence-corrected chi connectivity index (χ2v) is 17.3. The Morgan fingerprint density at radius 3 is 1.44 bits per heavy atom. The predicted molar refractivity (Wildman–Crippen MR) is 268 cm³/mol. The fourth-order valence-corrected chi connectivity index (χ4v) is 7.93. The second-order valence-electron chi connectivity index (χ2n) is 15.1. The van der Waals surface area contributed by atoms with Gasteiger partial charge in [0, 0.05) is 74.0 Å². The molecule has 3 rings (SSSR count). The number of esters is 4. The van der Waals surface area contributed by atoms with Gasteiger partial charge in [-0.3, -0.25) is 33.6 Å². The van der Waals surface area contributed by atoms with E-state index in [0.717, 1.165) is 0 Å². The van der Waals surface area contributed by atoms with Crippen LogP contribution in [0.2, 0.25) is 0 Å². The number of thioether (sulfide) groups is 2. The molecule has 2 amide bonds. The normalized spacial score (nSPS) is 12.6. The van der Waals surface area contributed by atoms with Crippen molar-refractivity contribution in [3.8, 4) is 11.1 Å². The summed E-state index contributed by atoms with van der Waals surface area (Å²) in [5.74, 6) is 0.366. The number of ether oxygens (including phenoxy) is 5. The van der Waals surface area contributed by atoms with Gasteiger partial charge in [0.05, 0.1) is 12.6 Å². The van der Waals surface area contributed by atoms with Gasteiger partial charge in [0.25, 0.3) is 0 Å². The van der Waals surface area contributed by atoms with Gasteiger partial charge >= 0.3 is 30.0 Å². The number of carbonyl (C=O) groups excluding carboxylic acids is 8. The number of rotatable bonds is 26. The maximum Gasteiger partial charge on any atom is 0.406 e. The van der Waals surface area contributed by atoms with E-state index in [4.69, 9.17) is 23.7 Å². The van der Waals surface area contributed by atoms with Gasteiger partial charge in [-0.1, -0.05) is 90.1 Å². The van der Waals surface area contributed by atoms with Gasteiger partial charge in [-0.15, -0.1) is 0 Å². The van der Waals surface area contributed by atoms with Gasteiger partial charge in [0.1, 0.15) is 37.8 Å². The van der Waals surface area contributed by atoms with E-state index in [9.17, 15) is 38.4 Å². The molecule has 1 aliphatic carbocycles. The molecule has 0 fully saturated rings. The molecule has 1 aliphatic rings. The second kappa shape index (κ2) is 37.9. The molecule has 2 aromatic rings. The average molecular weight is 993 g/mol. The molecule has 68 heavy (non-hydrogen) atoms. The van der Waals surface area contributed by atoms with Crippen molar-refractivity contribution in [3.63, 3.8) is 0 Å². The lowest BCUT2D eigenvalue weighted by molar-refractivity contribution is -0.157. The third-order valence-corrected chi connectivity index (χ3v) is 12.0. The van der Waals surface area contributed by atoms with Crippen LogP contribution in [0.4, 0.5) is 4.79 Å². The zero-order chi connectivity index (χ0) is 51.4. The number of hydrogen-bond donors (Lipinski definition) is 4. The minimum Gasteiger partial charge on any atom is -0.462 e. The third kappa shape index (κ3) is 26.5. The maximum atomic E-state index is 11.7. The van der Waals surface area contributed by atoms with Crippen LogP contribution in [0.3, 0.4) is 0 Å². The van der Waals surface area contributed by atoms with Crippen LogP contribution >= 0.6 is 23.5 Å². The van der Waals surface area contributed by atoms with Crippen molar-refractivity contribution in [3.05, 3.63) is 59.7 Å². The Hall–Kier alpha value is -4.98. The van der Waals surface area contributed by atoms with E-state index < -0.39 is 18.2 Å². The molecule has 0 spiro atoms. The predicted octanol–water partition coefficient (Wildman–Crippen LogP) is 5.89. The molecular formula is C49H76N4O13S2. The van der Waals surface area contributed by atoms with E-state index in [2.05, 4.69) is 45.5 Å². The minimum atomic E-state index is -0.580. The molecule has 2 aromatic carbocycles. The van der Waals surface area contributed by atoms with Crippen LogP contribution in [-0.2, 0) is 57.2 Å². The third-order valence-electron chi connectivity index (χ3n) is 9.47. The van der Waals surface area contributed by atoms with E-state index >= 15 is 0 Å². The molecule has 0 saturated carbocycles. The highest BCUT2D eigenvalue weighted by molar-refractivity contribution is 7.99. The van der Waals surface area contributed by atoms with E-state index in [-0.39, 0.29) is 98.2 Å². The molecule has 0 radical (unpaired) electrons. The lowest BCUT2D eigenvalue weighted by atomic mass is 9.98. The van der Waals surface area contributed by atoms with Crippen LogP contribution in [0, 0.1) is 5.92 Å². The number of fused-ring (bicyclic) bond motifs is 3. The molecule has 4 N–H and O–H groups in total. The Labute approximate surface area is 411 Å². The lowest BCUT2D eigenvalue weighted by Gasteiger charge is -2.19. The number of likely N-dealkylation sites (N-methyl/N-ethyl adjacent to an activating group) is 1. The summed E-state index contributed by atoms with van der Waals surface area (Å²) in [6.07, 6.45) is -0.0912. The van der Waals surface area contributed by atoms with Crippen molar-refractivity contribution in [2.24, 2.45) is 5.92 Å². The summed E-state index contributed by atoms with van der Waals surface area (Å²) in [7, 11) is 7.05. The van der Waals surface area contributed by atoms with Gasteiger partial charge in [-0.05, 0) is 50.3 Å². The molecule has 0 saturated heterocycles. The summed E-state index contributed by atoms with van der Waals surface area (Å²) < 4.78 is 25.8. The monoisotopic (exact) mass is 992 g/mol. The van der Waals surface area contributed by atoms with Crippen LogP contribution in [-0.4, -0.2) is 143 Å². The Morgan fingerprint density at radius 2 is 1.04 bits per heavy atom. The fourth-order valence-electron chi connectivity index (χ4n) is 5.71. The molecule has 19 heteroatoms. The van der Waals surface area contributed by atoms with Gasteiger partial charge in [-0.2, -0.15) is 23.5 Å².